The summed E-state index contributed by atoms with van der Waals surface area (Å²) in [6.07, 6.45) is -10.2. The maximum atomic E-state index is 12.8. The average Bonchev–Trinajstić information content (AvgIpc) is 2.53. The molecule has 2 aromatic rings. The highest BCUT2D eigenvalue weighted by Crippen LogP contribution is 2.37. The Balaban J connectivity index is 2.30. The van der Waals surface area contributed by atoms with Crippen molar-refractivity contribution in [2.45, 2.75) is 17.2 Å². The van der Waals surface area contributed by atoms with E-state index < -0.39 is 50.7 Å². The van der Waals surface area contributed by atoms with Gasteiger partial charge < -0.3 is 5.32 Å². The normalized spacial score (nSPS) is 12.7. The van der Waals surface area contributed by atoms with Crippen molar-refractivity contribution in [3.63, 3.8) is 0 Å². The van der Waals surface area contributed by atoms with E-state index in [1.54, 1.807) is 5.32 Å². The third kappa shape index (κ3) is 5.46. The zero-order chi connectivity index (χ0) is 20.5. The van der Waals surface area contributed by atoms with E-state index in [0.717, 1.165) is 0 Å². The summed E-state index contributed by atoms with van der Waals surface area (Å²) in [7, 11) is -4.11. The number of hydrogen-bond donors (Lipinski definition) is 1. The summed E-state index contributed by atoms with van der Waals surface area (Å²) in [6, 6.07) is 7.21. The van der Waals surface area contributed by atoms with Gasteiger partial charge >= 0.3 is 12.4 Å². The molecule has 1 N–H and O–H groups in total. The van der Waals surface area contributed by atoms with E-state index in [1.807, 2.05) is 0 Å². The van der Waals surface area contributed by atoms with Gasteiger partial charge in [0.15, 0.2) is 9.84 Å². The molecule has 0 bridgehead atoms. The van der Waals surface area contributed by atoms with Crippen molar-refractivity contribution in [3.8, 4) is 0 Å². The molecule has 1 amide bonds. The fourth-order valence-corrected chi connectivity index (χ4v) is 3.26. The number of amides is 1. The van der Waals surface area contributed by atoms with Crippen molar-refractivity contribution < 1.29 is 39.6 Å². The number of carbonyl (C=O) groups excluding carboxylic acids is 1. The van der Waals surface area contributed by atoms with Crippen LogP contribution in [0, 0.1) is 0 Å². The molecule has 0 aliphatic heterocycles. The van der Waals surface area contributed by atoms with Crippen LogP contribution in [-0.2, 0) is 27.0 Å². The number of rotatable bonds is 4. The fourth-order valence-electron chi connectivity index (χ4n) is 2.11. The van der Waals surface area contributed by atoms with Gasteiger partial charge in [-0.2, -0.15) is 26.3 Å². The molecule has 0 unspecified atom stereocenters. The summed E-state index contributed by atoms with van der Waals surface area (Å²) >= 11 is 0. The van der Waals surface area contributed by atoms with E-state index in [9.17, 15) is 39.6 Å². The molecule has 0 heterocycles. The van der Waals surface area contributed by atoms with Gasteiger partial charge in [-0.1, -0.05) is 18.2 Å². The molecule has 0 aromatic heterocycles. The second-order valence-electron chi connectivity index (χ2n) is 5.41. The quantitative estimate of drug-likeness (QED) is 0.770. The average molecular weight is 411 g/mol. The van der Waals surface area contributed by atoms with Crippen molar-refractivity contribution in [1.29, 1.82) is 0 Å². The third-order valence-electron chi connectivity index (χ3n) is 3.29. The van der Waals surface area contributed by atoms with Gasteiger partial charge in [-0.15, -0.1) is 0 Å². The zero-order valence-corrected chi connectivity index (χ0v) is 14.0. The zero-order valence-electron chi connectivity index (χ0n) is 13.2. The number of hydrogen-bond acceptors (Lipinski definition) is 3. The highest BCUT2D eigenvalue weighted by atomic mass is 32.2. The molecule has 0 spiro atoms. The van der Waals surface area contributed by atoms with Crippen molar-refractivity contribution >= 4 is 21.4 Å². The van der Waals surface area contributed by atoms with Crippen molar-refractivity contribution in [1.82, 2.24) is 0 Å². The SMILES string of the molecule is O=C(CS(=O)(=O)c1ccccc1)Nc1cc(C(F)(F)F)cc(C(F)(F)F)c1. The van der Waals surface area contributed by atoms with Gasteiger partial charge in [0, 0.05) is 5.69 Å². The predicted octanol–water partition coefficient (Wildman–Crippen LogP) is 4.14. The van der Waals surface area contributed by atoms with E-state index in [-0.39, 0.29) is 11.0 Å². The lowest BCUT2D eigenvalue weighted by Crippen LogP contribution is -2.23. The number of carbonyl (C=O) groups is 1. The van der Waals surface area contributed by atoms with E-state index in [0.29, 0.717) is 12.1 Å². The Morgan fingerprint density at radius 2 is 1.33 bits per heavy atom. The highest BCUT2D eigenvalue weighted by molar-refractivity contribution is 7.92. The first-order chi connectivity index (χ1) is 12.3. The van der Waals surface area contributed by atoms with Crippen LogP contribution in [0.15, 0.2) is 53.4 Å². The highest BCUT2D eigenvalue weighted by Gasteiger charge is 2.37. The molecule has 2 aromatic carbocycles. The van der Waals surface area contributed by atoms with Gasteiger partial charge in [-0.25, -0.2) is 8.42 Å². The Bertz CT molecular complexity index is 905. The smallest absolute Gasteiger partial charge is 0.325 e. The molecular weight excluding hydrogens is 400 g/mol. The first-order valence-electron chi connectivity index (χ1n) is 7.16. The molecule has 11 heteroatoms. The first-order valence-corrected chi connectivity index (χ1v) is 8.81. The molecule has 27 heavy (non-hydrogen) atoms. The fraction of sp³-hybridized carbons (Fsp3) is 0.188. The van der Waals surface area contributed by atoms with E-state index >= 15 is 0 Å². The minimum Gasteiger partial charge on any atom is -0.325 e. The lowest BCUT2D eigenvalue weighted by molar-refractivity contribution is -0.143. The molecule has 0 radical (unpaired) electrons. The predicted molar refractivity (Wildman–Crippen MR) is 83.6 cm³/mol. The molecule has 4 nitrogen and oxygen atoms in total. The number of benzene rings is 2. The minimum absolute atomic E-state index is 0.101. The standard InChI is InChI=1S/C16H11F6NO3S/c17-15(18,19)10-6-11(16(20,21)22)8-12(7-10)23-14(24)9-27(25,26)13-4-2-1-3-5-13/h1-8H,9H2,(H,23,24). The maximum absolute atomic E-state index is 12.8. The molecule has 0 saturated carbocycles. The van der Waals surface area contributed by atoms with Crippen LogP contribution in [0.3, 0.4) is 0 Å². The summed E-state index contributed by atoms with van der Waals surface area (Å²) in [5.41, 5.74) is -4.07. The van der Waals surface area contributed by atoms with Crippen LogP contribution in [0.1, 0.15) is 11.1 Å². The van der Waals surface area contributed by atoms with Crippen LogP contribution in [0.2, 0.25) is 0 Å². The van der Waals surface area contributed by atoms with Crippen LogP contribution < -0.4 is 5.32 Å². The van der Waals surface area contributed by atoms with Crippen LogP contribution in [0.4, 0.5) is 32.0 Å². The van der Waals surface area contributed by atoms with E-state index in [1.165, 1.54) is 30.3 Å². The Morgan fingerprint density at radius 3 is 1.78 bits per heavy atom. The molecule has 0 atom stereocenters. The summed E-state index contributed by atoms with van der Waals surface area (Å²) in [4.78, 5) is 11.7. The van der Waals surface area contributed by atoms with Crippen LogP contribution in [0.5, 0.6) is 0 Å². The Kier molecular flexibility index (Phi) is 5.55. The topological polar surface area (TPSA) is 63.2 Å². The Labute approximate surface area is 149 Å². The van der Waals surface area contributed by atoms with Gasteiger partial charge in [-0.05, 0) is 30.3 Å². The van der Waals surface area contributed by atoms with Gasteiger partial charge in [0.05, 0.1) is 16.0 Å². The number of sulfone groups is 1. The number of nitrogens with one attached hydrogen (secondary N) is 1. The maximum Gasteiger partial charge on any atom is 0.416 e. The second kappa shape index (κ2) is 7.22. The Morgan fingerprint density at radius 1 is 0.852 bits per heavy atom. The first kappa shape index (κ1) is 20.7. The molecule has 0 aliphatic rings. The molecule has 146 valence electrons. The van der Waals surface area contributed by atoms with Crippen LogP contribution >= 0.6 is 0 Å². The monoisotopic (exact) mass is 411 g/mol. The van der Waals surface area contributed by atoms with Crippen molar-refractivity contribution in [2.75, 3.05) is 11.1 Å². The van der Waals surface area contributed by atoms with E-state index in [2.05, 4.69) is 0 Å². The molecule has 0 aliphatic carbocycles. The van der Waals surface area contributed by atoms with Gasteiger partial charge in [-0.3, -0.25) is 4.79 Å². The number of halogens is 6. The lowest BCUT2D eigenvalue weighted by Gasteiger charge is -2.15. The molecule has 0 saturated heterocycles. The van der Waals surface area contributed by atoms with Crippen molar-refractivity contribution in [3.05, 3.63) is 59.7 Å². The molecule has 2 rings (SSSR count). The summed E-state index contributed by atoms with van der Waals surface area (Å²) in [5.74, 6) is -2.42. The van der Waals surface area contributed by atoms with Gasteiger partial charge in [0.2, 0.25) is 5.91 Å². The molecule has 0 fully saturated rings. The van der Waals surface area contributed by atoms with E-state index in [4.69, 9.17) is 0 Å². The van der Waals surface area contributed by atoms with Crippen LogP contribution in [-0.4, -0.2) is 20.1 Å². The van der Waals surface area contributed by atoms with Gasteiger partial charge in [0.1, 0.15) is 5.75 Å². The lowest BCUT2D eigenvalue weighted by atomic mass is 10.1. The molecular formula is C16H11F6NO3S. The Hall–Kier alpha value is -2.56. The van der Waals surface area contributed by atoms with Crippen molar-refractivity contribution in [2.24, 2.45) is 0 Å². The summed E-state index contributed by atoms with van der Waals surface area (Å²) in [6.45, 7) is 0. The van der Waals surface area contributed by atoms with Crippen LogP contribution in [0.25, 0.3) is 0 Å². The third-order valence-corrected chi connectivity index (χ3v) is 4.93. The second-order valence-corrected chi connectivity index (χ2v) is 7.40. The number of alkyl halides is 6. The number of anilines is 1. The van der Waals surface area contributed by atoms with Gasteiger partial charge in [0.25, 0.3) is 0 Å². The minimum atomic E-state index is -5.09. The summed E-state index contributed by atoms with van der Waals surface area (Å²) in [5, 5.41) is 1.77. The largest absolute Gasteiger partial charge is 0.416 e. The summed E-state index contributed by atoms with van der Waals surface area (Å²) < 4.78 is 101.